The second kappa shape index (κ2) is 9.45. The first-order valence-corrected chi connectivity index (χ1v) is 5.03. The van der Waals surface area contributed by atoms with E-state index in [9.17, 15) is 0 Å². The molecule has 0 spiro atoms. The second-order valence-electron chi connectivity index (χ2n) is 3.07. The summed E-state index contributed by atoms with van der Waals surface area (Å²) < 4.78 is 0. The Hall–Kier alpha value is -1.10. The van der Waals surface area contributed by atoms with Crippen LogP contribution in [-0.2, 0) is 6.42 Å². The lowest BCUT2D eigenvalue weighted by molar-refractivity contribution is 0.291. The Morgan fingerprint density at radius 1 is 1.00 bits per heavy atom. The number of aliphatic hydroxyl groups excluding tert-OH is 1. The summed E-state index contributed by atoms with van der Waals surface area (Å²) in [7, 11) is 0. The number of phenols is 1. The molecule has 0 bridgehead atoms. The van der Waals surface area contributed by atoms with Gasteiger partial charge in [0, 0.05) is 6.61 Å². The van der Waals surface area contributed by atoms with Gasteiger partial charge in [-0.3, -0.25) is 0 Å². The van der Waals surface area contributed by atoms with Crippen LogP contribution in [0.5, 0.6) is 5.75 Å². The smallest absolute Gasteiger partial charge is 0.115 e. The first-order chi connectivity index (χ1) is 7.24. The molecule has 0 aliphatic heterocycles. The van der Waals surface area contributed by atoms with Crippen LogP contribution in [0.15, 0.2) is 24.3 Å². The van der Waals surface area contributed by atoms with Gasteiger partial charge in [-0.05, 0) is 43.6 Å². The number of aliphatic hydroxyl groups is 1. The van der Waals surface area contributed by atoms with Crippen molar-refractivity contribution < 1.29 is 10.2 Å². The van der Waals surface area contributed by atoms with Crippen LogP contribution in [0.4, 0.5) is 0 Å². The Bertz CT molecular complexity index is 235. The molecule has 0 fully saturated rings. The zero-order chi connectivity index (χ0) is 11.5. The van der Waals surface area contributed by atoms with Crippen molar-refractivity contribution in [3.8, 4) is 5.75 Å². The highest BCUT2D eigenvalue weighted by Gasteiger charge is 1.89. The lowest BCUT2D eigenvalue weighted by atomic mass is 10.1. The molecule has 15 heavy (non-hydrogen) atoms. The number of hydrogen-bond acceptors (Lipinski definition) is 4. The molecule has 0 saturated heterocycles. The molecule has 0 aromatic heterocycles. The van der Waals surface area contributed by atoms with Gasteiger partial charge in [-0.25, -0.2) is 0 Å². The van der Waals surface area contributed by atoms with Gasteiger partial charge in [0.1, 0.15) is 5.75 Å². The van der Waals surface area contributed by atoms with Crippen molar-refractivity contribution in [2.75, 3.05) is 19.7 Å². The van der Waals surface area contributed by atoms with Crippen LogP contribution >= 0.6 is 0 Å². The van der Waals surface area contributed by atoms with Gasteiger partial charge < -0.3 is 21.7 Å². The van der Waals surface area contributed by atoms with Crippen LogP contribution in [-0.4, -0.2) is 29.9 Å². The van der Waals surface area contributed by atoms with Crippen LogP contribution in [0.25, 0.3) is 0 Å². The van der Waals surface area contributed by atoms with E-state index in [-0.39, 0.29) is 6.61 Å². The Morgan fingerprint density at radius 2 is 1.60 bits per heavy atom. The number of nitrogens with two attached hydrogens (primary N) is 2. The maximum atomic E-state index is 8.89. The van der Waals surface area contributed by atoms with E-state index in [1.807, 2.05) is 12.1 Å². The number of phenolic OH excluding ortho intramolecular Hbond substituents is 1. The second-order valence-corrected chi connectivity index (χ2v) is 3.07. The van der Waals surface area contributed by atoms with Gasteiger partial charge in [-0.2, -0.15) is 0 Å². The van der Waals surface area contributed by atoms with Crippen molar-refractivity contribution in [3.05, 3.63) is 29.8 Å². The van der Waals surface area contributed by atoms with Crippen LogP contribution in [0, 0.1) is 0 Å². The van der Waals surface area contributed by atoms with Gasteiger partial charge in [-0.1, -0.05) is 12.1 Å². The molecule has 1 rings (SSSR count). The first-order valence-electron chi connectivity index (χ1n) is 5.03. The number of rotatable bonds is 4. The third-order valence-corrected chi connectivity index (χ3v) is 1.73. The average Bonchev–Trinajstić information content (AvgIpc) is 2.24. The Kier molecular flexibility index (Phi) is 8.76. The van der Waals surface area contributed by atoms with E-state index in [0.717, 1.165) is 12.8 Å². The molecule has 1 aromatic rings. The third-order valence-electron chi connectivity index (χ3n) is 1.73. The Labute approximate surface area is 90.5 Å². The summed E-state index contributed by atoms with van der Waals surface area (Å²) in [4.78, 5) is 0. The molecule has 6 N–H and O–H groups in total. The standard InChI is InChI=1S/C8H11NO.C3H9NO/c9-6-5-7-1-3-8(10)4-2-7;4-2-1-3-5/h1-4,10H,5-6,9H2;5H,1-4H2. The molecule has 1 aromatic carbocycles. The van der Waals surface area contributed by atoms with Gasteiger partial charge in [0.15, 0.2) is 0 Å². The summed E-state index contributed by atoms with van der Waals surface area (Å²) in [6.45, 7) is 1.47. The maximum Gasteiger partial charge on any atom is 0.115 e. The van der Waals surface area contributed by atoms with Crippen molar-refractivity contribution in [3.63, 3.8) is 0 Å². The summed E-state index contributed by atoms with van der Waals surface area (Å²) in [5.74, 6) is 0.306. The summed E-state index contributed by atoms with van der Waals surface area (Å²) in [6, 6.07) is 7.10. The van der Waals surface area contributed by atoms with E-state index in [4.69, 9.17) is 21.7 Å². The highest BCUT2D eigenvalue weighted by molar-refractivity contribution is 5.25. The minimum Gasteiger partial charge on any atom is -0.508 e. The van der Waals surface area contributed by atoms with Crippen molar-refractivity contribution in [2.24, 2.45) is 11.5 Å². The van der Waals surface area contributed by atoms with Crippen molar-refractivity contribution in [1.29, 1.82) is 0 Å². The largest absolute Gasteiger partial charge is 0.508 e. The molecule has 0 amide bonds. The minimum absolute atomic E-state index is 0.219. The highest BCUT2D eigenvalue weighted by Crippen LogP contribution is 2.09. The molecule has 0 aliphatic rings. The van der Waals surface area contributed by atoms with Crippen molar-refractivity contribution >= 4 is 0 Å². The average molecular weight is 212 g/mol. The van der Waals surface area contributed by atoms with E-state index in [1.165, 1.54) is 5.56 Å². The van der Waals surface area contributed by atoms with Crippen LogP contribution < -0.4 is 11.5 Å². The van der Waals surface area contributed by atoms with Gasteiger partial charge in [0.25, 0.3) is 0 Å². The summed E-state index contributed by atoms with van der Waals surface area (Å²) in [5.41, 5.74) is 11.5. The van der Waals surface area contributed by atoms with Gasteiger partial charge >= 0.3 is 0 Å². The molecule has 0 unspecified atom stereocenters. The van der Waals surface area contributed by atoms with E-state index in [0.29, 0.717) is 18.8 Å². The zero-order valence-corrected chi connectivity index (χ0v) is 8.89. The summed E-state index contributed by atoms with van der Waals surface area (Å²) in [5, 5.41) is 16.9. The molecule has 0 aliphatic carbocycles. The minimum atomic E-state index is 0.219. The lowest BCUT2D eigenvalue weighted by Gasteiger charge is -1.96. The van der Waals surface area contributed by atoms with Crippen molar-refractivity contribution in [1.82, 2.24) is 0 Å². The van der Waals surface area contributed by atoms with Crippen LogP contribution in [0.1, 0.15) is 12.0 Å². The summed E-state index contributed by atoms with van der Waals surface area (Å²) >= 11 is 0. The molecule has 86 valence electrons. The first kappa shape index (κ1) is 13.9. The maximum absolute atomic E-state index is 8.89. The predicted molar refractivity (Wildman–Crippen MR) is 61.6 cm³/mol. The van der Waals surface area contributed by atoms with E-state index in [2.05, 4.69) is 0 Å². The fourth-order valence-corrected chi connectivity index (χ4v) is 0.921. The quantitative estimate of drug-likeness (QED) is 0.574. The highest BCUT2D eigenvalue weighted by atomic mass is 16.3. The zero-order valence-electron chi connectivity index (χ0n) is 8.89. The normalized spacial score (nSPS) is 9.27. The molecule has 0 saturated carbocycles. The SMILES string of the molecule is NCCCO.NCCc1ccc(O)cc1. The fourth-order valence-electron chi connectivity index (χ4n) is 0.921. The lowest BCUT2D eigenvalue weighted by Crippen LogP contribution is -2.01. The van der Waals surface area contributed by atoms with Crippen LogP contribution in [0.3, 0.4) is 0 Å². The molecular formula is C11H20N2O2. The molecule has 0 heterocycles. The van der Waals surface area contributed by atoms with Gasteiger partial charge in [0.05, 0.1) is 0 Å². The monoisotopic (exact) mass is 212 g/mol. The van der Waals surface area contributed by atoms with Gasteiger partial charge in [-0.15, -0.1) is 0 Å². The number of benzene rings is 1. The van der Waals surface area contributed by atoms with Crippen LogP contribution in [0.2, 0.25) is 0 Å². The topological polar surface area (TPSA) is 92.5 Å². The molecule has 4 heteroatoms. The van der Waals surface area contributed by atoms with E-state index >= 15 is 0 Å². The van der Waals surface area contributed by atoms with E-state index in [1.54, 1.807) is 12.1 Å². The predicted octanol–water partition coefficient (Wildman–Crippen LogP) is 0.221. The third kappa shape index (κ3) is 7.93. The molecule has 0 atom stereocenters. The Morgan fingerprint density at radius 3 is 1.93 bits per heavy atom. The summed E-state index contributed by atoms with van der Waals surface area (Å²) in [6.07, 6.45) is 1.60. The number of aromatic hydroxyl groups is 1. The fraction of sp³-hybridized carbons (Fsp3) is 0.455. The molecular weight excluding hydrogens is 192 g/mol. The van der Waals surface area contributed by atoms with Gasteiger partial charge in [0.2, 0.25) is 0 Å². The van der Waals surface area contributed by atoms with Crippen molar-refractivity contribution in [2.45, 2.75) is 12.8 Å². The molecule has 4 nitrogen and oxygen atoms in total. The Balaban J connectivity index is 0.000000336. The molecule has 0 radical (unpaired) electrons. The van der Waals surface area contributed by atoms with E-state index < -0.39 is 0 Å². The number of hydrogen-bond donors (Lipinski definition) is 4.